The Labute approximate surface area is 146 Å². The number of rotatable bonds is 4. The minimum absolute atomic E-state index is 0.0379. The molecule has 1 heterocycles. The van der Waals surface area contributed by atoms with Crippen LogP contribution in [0.15, 0.2) is 53.6 Å². The molecule has 26 heavy (non-hydrogen) atoms. The molecule has 2 N–H and O–H groups in total. The third-order valence-electron chi connectivity index (χ3n) is 3.55. The first-order chi connectivity index (χ1) is 12.3. The molecule has 0 aliphatic carbocycles. The van der Waals surface area contributed by atoms with Crippen molar-refractivity contribution in [3.8, 4) is 17.3 Å². The van der Waals surface area contributed by atoms with E-state index in [1.807, 2.05) is 4.72 Å². The molecule has 0 unspecified atom stereocenters. The Morgan fingerprint density at radius 2 is 1.81 bits per heavy atom. The van der Waals surface area contributed by atoms with Crippen molar-refractivity contribution in [1.29, 1.82) is 5.26 Å². The zero-order valence-corrected chi connectivity index (χ0v) is 13.7. The van der Waals surface area contributed by atoms with Crippen LogP contribution in [0.4, 0.5) is 18.9 Å². The number of halogens is 3. The van der Waals surface area contributed by atoms with Gasteiger partial charge in [-0.15, -0.1) is 0 Å². The SMILES string of the molecule is N#Cc1ccc(NS(=O)(=O)c2c[nH]c(-c3cccc(F)c3F)c2)c(F)c1. The van der Waals surface area contributed by atoms with Crippen molar-refractivity contribution >= 4 is 15.7 Å². The minimum atomic E-state index is -4.19. The third-order valence-corrected chi connectivity index (χ3v) is 4.90. The molecule has 0 amide bonds. The first kappa shape index (κ1) is 17.6. The van der Waals surface area contributed by atoms with Crippen LogP contribution in [0.3, 0.4) is 0 Å². The first-order valence-electron chi connectivity index (χ1n) is 7.17. The third kappa shape index (κ3) is 3.27. The zero-order chi connectivity index (χ0) is 18.9. The van der Waals surface area contributed by atoms with E-state index in [1.54, 1.807) is 6.07 Å². The van der Waals surface area contributed by atoms with E-state index in [4.69, 9.17) is 5.26 Å². The highest BCUT2D eigenvalue weighted by Gasteiger charge is 2.20. The lowest BCUT2D eigenvalue weighted by Gasteiger charge is -2.07. The van der Waals surface area contributed by atoms with E-state index in [0.717, 1.165) is 30.5 Å². The summed E-state index contributed by atoms with van der Waals surface area (Å²) in [4.78, 5) is 2.26. The molecular weight excluding hydrogens is 367 g/mol. The maximum Gasteiger partial charge on any atom is 0.263 e. The molecule has 0 spiro atoms. The predicted molar refractivity (Wildman–Crippen MR) is 88.1 cm³/mol. The summed E-state index contributed by atoms with van der Waals surface area (Å²) < 4.78 is 67.8. The largest absolute Gasteiger partial charge is 0.360 e. The average molecular weight is 377 g/mol. The lowest BCUT2D eigenvalue weighted by molar-refractivity contribution is 0.511. The number of benzene rings is 2. The van der Waals surface area contributed by atoms with Crippen LogP contribution in [-0.4, -0.2) is 13.4 Å². The fourth-order valence-corrected chi connectivity index (χ4v) is 3.33. The molecule has 3 aromatic rings. The van der Waals surface area contributed by atoms with Crippen LogP contribution in [0.2, 0.25) is 0 Å². The molecule has 0 saturated carbocycles. The summed E-state index contributed by atoms with van der Waals surface area (Å²) in [6.07, 6.45) is 1.07. The van der Waals surface area contributed by atoms with Crippen molar-refractivity contribution < 1.29 is 21.6 Å². The zero-order valence-electron chi connectivity index (χ0n) is 12.9. The van der Waals surface area contributed by atoms with Crippen LogP contribution < -0.4 is 4.72 Å². The van der Waals surface area contributed by atoms with E-state index in [0.29, 0.717) is 0 Å². The Kier molecular flexibility index (Phi) is 4.44. The summed E-state index contributed by atoms with van der Waals surface area (Å²) in [6.45, 7) is 0. The van der Waals surface area contributed by atoms with Gasteiger partial charge < -0.3 is 4.98 Å². The number of hydrogen-bond donors (Lipinski definition) is 2. The van der Waals surface area contributed by atoms with Crippen molar-refractivity contribution in [2.24, 2.45) is 0 Å². The van der Waals surface area contributed by atoms with E-state index in [1.165, 1.54) is 18.2 Å². The molecule has 9 heteroatoms. The molecule has 132 valence electrons. The highest BCUT2D eigenvalue weighted by molar-refractivity contribution is 7.92. The van der Waals surface area contributed by atoms with Gasteiger partial charge in [0.2, 0.25) is 0 Å². The fraction of sp³-hybridized carbons (Fsp3) is 0. The van der Waals surface area contributed by atoms with Crippen LogP contribution in [0, 0.1) is 28.8 Å². The molecule has 0 fully saturated rings. The van der Waals surface area contributed by atoms with E-state index in [9.17, 15) is 21.6 Å². The maximum absolute atomic E-state index is 13.9. The number of nitriles is 1. The Bertz CT molecular complexity index is 1130. The monoisotopic (exact) mass is 377 g/mol. The molecule has 1 aromatic heterocycles. The van der Waals surface area contributed by atoms with Gasteiger partial charge >= 0.3 is 0 Å². The smallest absolute Gasteiger partial charge is 0.263 e. The summed E-state index contributed by atoms with van der Waals surface area (Å²) in [5.41, 5.74) is -0.404. The summed E-state index contributed by atoms with van der Waals surface area (Å²) >= 11 is 0. The van der Waals surface area contributed by atoms with Gasteiger partial charge in [-0.25, -0.2) is 21.6 Å². The topological polar surface area (TPSA) is 85.8 Å². The molecule has 0 bridgehead atoms. The maximum atomic E-state index is 13.9. The second-order valence-electron chi connectivity index (χ2n) is 5.26. The van der Waals surface area contributed by atoms with Gasteiger partial charge in [0.15, 0.2) is 11.6 Å². The Morgan fingerprint density at radius 1 is 1.04 bits per heavy atom. The van der Waals surface area contributed by atoms with Gasteiger partial charge in [-0.05, 0) is 36.4 Å². The van der Waals surface area contributed by atoms with Crippen molar-refractivity contribution in [3.63, 3.8) is 0 Å². The second-order valence-corrected chi connectivity index (χ2v) is 6.94. The lowest BCUT2D eigenvalue weighted by atomic mass is 10.1. The number of nitrogens with one attached hydrogen (secondary N) is 2. The highest BCUT2D eigenvalue weighted by atomic mass is 32.2. The molecule has 0 aliphatic heterocycles. The number of nitrogens with zero attached hydrogens (tertiary/aromatic N) is 1. The summed E-state index contributed by atoms with van der Waals surface area (Å²) in [5, 5.41) is 8.70. The number of aromatic nitrogens is 1. The van der Waals surface area contributed by atoms with Gasteiger partial charge in [0.05, 0.1) is 17.3 Å². The Hall–Kier alpha value is -3.25. The van der Waals surface area contributed by atoms with Gasteiger partial charge in [-0.1, -0.05) is 6.07 Å². The van der Waals surface area contributed by atoms with Gasteiger partial charge in [-0.2, -0.15) is 5.26 Å². The highest BCUT2D eigenvalue weighted by Crippen LogP contribution is 2.27. The lowest BCUT2D eigenvalue weighted by Crippen LogP contribution is -2.13. The molecule has 0 saturated heterocycles. The van der Waals surface area contributed by atoms with Gasteiger partial charge in [0.25, 0.3) is 10.0 Å². The van der Waals surface area contributed by atoms with Crippen LogP contribution in [0.1, 0.15) is 5.56 Å². The number of sulfonamides is 1. The number of aromatic amines is 1. The standard InChI is InChI=1S/C17H10F3N3O2S/c18-13-3-1-2-12(17(13)20)16-7-11(9-22-16)26(24,25)23-15-5-4-10(8-21)6-14(15)19/h1-7,9,22-23H. The molecular formula is C17H10F3N3O2S. The molecule has 5 nitrogen and oxygen atoms in total. The molecule has 2 aromatic carbocycles. The summed E-state index contributed by atoms with van der Waals surface area (Å²) in [6, 6.07) is 9.60. The number of hydrogen-bond acceptors (Lipinski definition) is 3. The van der Waals surface area contributed by atoms with E-state index >= 15 is 0 Å². The molecule has 0 radical (unpaired) electrons. The van der Waals surface area contributed by atoms with Gasteiger partial charge in [0.1, 0.15) is 10.7 Å². The Morgan fingerprint density at radius 3 is 2.50 bits per heavy atom. The van der Waals surface area contributed by atoms with Crippen LogP contribution in [0.5, 0.6) is 0 Å². The van der Waals surface area contributed by atoms with Gasteiger partial charge in [-0.3, -0.25) is 4.72 Å². The minimum Gasteiger partial charge on any atom is -0.360 e. The van der Waals surface area contributed by atoms with Crippen molar-refractivity contribution in [2.45, 2.75) is 4.90 Å². The molecule has 0 aliphatic rings. The van der Waals surface area contributed by atoms with E-state index in [-0.39, 0.29) is 27.4 Å². The molecule has 0 atom stereocenters. The van der Waals surface area contributed by atoms with E-state index in [2.05, 4.69) is 4.98 Å². The van der Waals surface area contributed by atoms with Crippen LogP contribution in [0.25, 0.3) is 11.3 Å². The van der Waals surface area contributed by atoms with Crippen molar-refractivity contribution in [3.05, 3.63) is 71.7 Å². The van der Waals surface area contributed by atoms with Crippen LogP contribution in [-0.2, 0) is 10.0 Å². The van der Waals surface area contributed by atoms with Crippen LogP contribution >= 0.6 is 0 Å². The van der Waals surface area contributed by atoms with E-state index < -0.39 is 27.5 Å². The average Bonchev–Trinajstić information content (AvgIpc) is 3.10. The van der Waals surface area contributed by atoms with Crippen molar-refractivity contribution in [1.82, 2.24) is 4.98 Å². The first-order valence-corrected chi connectivity index (χ1v) is 8.65. The quantitative estimate of drug-likeness (QED) is 0.726. The number of H-pyrrole nitrogens is 1. The van der Waals surface area contributed by atoms with Gasteiger partial charge in [0, 0.05) is 17.5 Å². The summed E-state index contributed by atoms with van der Waals surface area (Å²) in [7, 11) is -4.19. The summed E-state index contributed by atoms with van der Waals surface area (Å²) in [5.74, 6) is -3.11. The second kappa shape index (κ2) is 6.57. The molecule has 3 rings (SSSR count). The fourth-order valence-electron chi connectivity index (χ4n) is 2.27. The van der Waals surface area contributed by atoms with Crippen molar-refractivity contribution in [2.75, 3.05) is 4.72 Å². The predicted octanol–water partition coefficient (Wildman–Crippen LogP) is 3.77. The normalized spacial score (nSPS) is 11.2. The Balaban J connectivity index is 1.93. The number of anilines is 1.